The first-order valence-corrected chi connectivity index (χ1v) is 7.97. The van der Waals surface area contributed by atoms with Gasteiger partial charge in [0.1, 0.15) is 5.75 Å². The Morgan fingerprint density at radius 2 is 1.88 bits per heavy atom. The Morgan fingerprint density at radius 3 is 2.60 bits per heavy atom. The number of para-hydroxylation sites is 1. The highest BCUT2D eigenvalue weighted by atomic mass is 35.5. The van der Waals surface area contributed by atoms with E-state index in [0.29, 0.717) is 18.7 Å². The Morgan fingerprint density at radius 1 is 1.12 bits per heavy atom. The van der Waals surface area contributed by atoms with E-state index in [9.17, 15) is 9.59 Å². The highest BCUT2D eigenvalue weighted by molar-refractivity contribution is 6.33. The molecule has 0 saturated carbocycles. The SMILES string of the molecule is COC(=O)c1cc(NC(=O)NCCc2ccccc2OC)ccc1Cl. The van der Waals surface area contributed by atoms with Crippen molar-refractivity contribution in [2.24, 2.45) is 0 Å². The van der Waals surface area contributed by atoms with Gasteiger partial charge < -0.3 is 20.1 Å². The number of carbonyl (C=O) groups excluding carboxylic acids is 2. The Balaban J connectivity index is 1.91. The standard InChI is InChI=1S/C18H19ClN2O4/c1-24-16-6-4-3-5-12(16)9-10-20-18(23)21-13-7-8-15(19)14(11-13)17(22)25-2/h3-8,11H,9-10H2,1-2H3,(H2,20,21,23). The van der Waals surface area contributed by atoms with Crippen molar-refractivity contribution in [3.8, 4) is 5.75 Å². The number of amides is 2. The number of hydrogen-bond donors (Lipinski definition) is 2. The van der Waals surface area contributed by atoms with Gasteiger partial charge in [0.15, 0.2) is 0 Å². The fraction of sp³-hybridized carbons (Fsp3) is 0.222. The molecule has 2 N–H and O–H groups in total. The number of esters is 1. The summed E-state index contributed by atoms with van der Waals surface area (Å²) in [4.78, 5) is 23.6. The maximum atomic E-state index is 12.0. The molecule has 0 aromatic heterocycles. The number of rotatable bonds is 6. The van der Waals surface area contributed by atoms with Crippen LogP contribution in [-0.2, 0) is 11.2 Å². The first-order valence-electron chi connectivity index (χ1n) is 7.59. The molecule has 0 heterocycles. The summed E-state index contributed by atoms with van der Waals surface area (Å²) in [6.07, 6.45) is 0.630. The number of benzene rings is 2. The molecular formula is C18H19ClN2O4. The van der Waals surface area contributed by atoms with Crippen LogP contribution in [0.4, 0.5) is 10.5 Å². The third-order valence-electron chi connectivity index (χ3n) is 3.50. The summed E-state index contributed by atoms with van der Waals surface area (Å²) < 4.78 is 9.92. The summed E-state index contributed by atoms with van der Waals surface area (Å²) in [5, 5.41) is 5.67. The van der Waals surface area contributed by atoms with E-state index >= 15 is 0 Å². The van der Waals surface area contributed by atoms with Crippen LogP contribution in [0.2, 0.25) is 5.02 Å². The van der Waals surface area contributed by atoms with Crippen molar-refractivity contribution >= 4 is 29.3 Å². The third kappa shape index (κ3) is 5.12. The summed E-state index contributed by atoms with van der Waals surface area (Å²) in [5.74, 6) is 0.218. The number of halogens is 1. The van der Waals surface area contributed by atoms with Gasteiger partial charge in [0, 0.05) is 12.2 Å². The first kappa shape index (κ1) is 18.6. The van der Waals surface area contributed by atoms with E-state index in [4.69, 9.17) is 16.3 Å². The summed E-state index contributed by atoms with van der Waals surface area (Å²) in [6, 6.07) is 11.8. The molecule has 0 aliphatic carbocycles. The number of urea groups is 1. The second kappa shape index (κ2) is 8.94. The molecule has 2 aromatic rings. The second-order valence-electron chi connectivity index (χ2n) is 5.13. The molecule has 2 rings (SSSR count). The van der Waals surface area contributed by atoms with E-state index in [1.54, 1.807) is 13.2 Å². The monoisotopic (exact) mass is 362 g/mol. The van der Waals surface area contributed by atoms with Crippen LogP contribution in [0.1, 0.15) is 15.9 Å². The number of carbonyl (C=O) groups is 2. The number of anilines is 1. The Hall–Kier alpha value is -2.73. The molecule has 2 amide bonds. The van der Waals surface area contributed by atoms with Gasteiger partial charge in [0.25, 0.3) is 0 Å². The Bertz CT molecular complexity index is 764. The van der Waals surface area contributed by atoms with Crippen LogP contribution >= 0.6 is 11.6 Å². The van der Waals surface area contributed by atoms with Gasteiger partial charge in [-0.1, -0.05) is 29.8 Å². The molecule has 0 atom stereocenters. The van der Waals surface area contributed by atoms with Gasteiger partial charge in [-0.15, -0.1) is 0 Å². The maximum absolute atomic E-state index is 12.0. The molecule has 0 bridgehead atoms. The van der Waals surface area contributed by atoms with Crippen molar-refractivity contribution in [3.05, 3.63) is 58.6 Å². The summed E-state index contributed by atoms with van der Waals surface area (Å²) in [6.45, 7) is 0.434. The molecule has 2 aromatic carbocycles. The molecule has 0 aliphatic heterocycles. The average Bonchev–Trinajstić information content (AvgIpc) is 2.63. The topological polar surface area (TPSA) is 76.7 Å². The number of methoxy groups -OCH3 is 2. The van der Waals surface area contributed by atoms with Gasteiger partial charge >= 0.3 is 12.0 Å². The third-order valence-corrected chi connectivity index (χ3v) is 3.83. The molecule has 0 saturated heterocycles. The van der Waals surface area contributed by atoms with E-state index in [1.165, 1.54) is 19.2 Å². The maximum Gasteiger partial charge on any atom is 0.339 e. The molecule has 0 unspecified atom stereocenters. The molecular weight excluding hydrogens is 344 g/mol. The molecule has 132 valence electrons. The van der Waals surface area contributed by atoms with Crippen LogP contribution < -0.4 is 15.4 Å². The van der Waals surface area contributed by atoms with E-state index in [0.717, 1.165) is 11.3 Å². The van der Waals surface area contributed by atoms with E-state index in [2.05, 4.69) is 15.4 Å². The molecule has 6 nitrogen and oxygen atoms in total. The fourth-order valence-corrected chi connectivity index (χ4v) is 2.46. The number of hydrogen-bond acceptors (Lipinski definition) is 4. The Kier molecular flexibility index (Phi) is 6.65. The van der Waals surface area contributed by atoms with Gasteiger partial charge in [-0.3, -0.25) is 0 Å². The largest absolute Gasteiger partial charge is 0.496 e. The molecule has 0 radical (unpaired) electrons. The molecule has 0 fully saturated rings. The van der Waals surface area contributed by atoms with Crippen molar-refractivity contribution in [1.29, 1.82) is 0 Å². The van der Waals surface area contributed by atoms with Gasteiger partial charge in [0.05, 0.1) is 24.8 Å². The van der Waals surface area contributed by atoms with E-state index in [1.807, 2.05) is 24.3 Å². The molecule has 0 spiro atoms. The van der Waals surface area contributed by atoms with Crippen LogP contribution in [0, 0.1) is 0 Å². The number of ether oxygens (including phenoxy) is 2. The van der Waals surface area contributed by atoms with Crippen molar-refractivity contribution in [2.45, 2.75) is 6.42 Å². The summed E-state index contributed by atoms with van der Waals surface area (Å²) in [7, 11) is 2.88. The fourth-order valence-electron chi connectivity index (χ4n) is 2.26. The van der Waals surface area contributed by atoms with Crippen LogP contribution in [0.3, 0.4) is 0 Å². The van der Waals surface area contributed by atoms with Crippen LogP contribution in [0.25, 0.3) is 0 Å². The minimum Gasteiger partial charge on any atom is -0.496 e. The lowest BCUT2D eigenvalue weighted by Gasteiger charge is -2.11. The van der Waals surface area contributed by atoms with Gasteiger partial charge in [-0.2, -0.15) is 0 Å². The zero-order chi connectivity index (χ0) is 18.2. The Labute approximate surface area is 151 Å². The van der Waals surface area contributed by atoms with Gasteiger partial charge in [-0.05, 0) is 36.2 Å². The van der Waals surface area contributed by atoms with E-state index < -0.39 is 5.97 Å². The lowest BCUT2D eigenvalue weighted by atomic mass is 10.1. The molecule has 25 heavy (non-hydrogen) atoms. The quantitative estimate of drug-likeness (QED) is 0.771. The zero-order valence-electron chi connectivity index (χ0n) is 14.0. The van der Waals surface area contributed by atoms with Crippen molar-refractivity contribution in [2.75, 3.05) is 26.1 Å². The lowest BCUT2D eigenvalue weighted by Crippen LogP contribution is -2.30. The molecule has 0 aliphatic rings. The van der Waals surface area contributed by atoms with Gasteiger partial charge in [0.2, 0.25) is 0 Å². The van der Waals surface area contributed by atoms with Crippen molar-refractivity contribution < 1.29 is 19.1 Å². The highest BCUT2D eigenvalue weighted by Gasteiger charge is 2.12. The minimum atomic E-state index is -0.565. The lowest BCUT2D eigenvalue weighted by molar-refractivity contribution is 0.0601. The second-order valence-corrected chi connectivity index (χ2v) is 5.54. The first-order chi connectivity index (χ1) is 12.0. The van der Waals surface area contributed by atoms with Crippen molar-refractivity contribution in [3.63, 3.8) is 0 Å². The predicted molar refractivity (Wildman–Crippen MR) is 96.5 cm³/mol. The zero-order valence-corrected chi connectivity index (χ0v) is 14.7. The average molecular weight is 363 g/mol. The normalized spacial score (nSPS) is 10.0. The van der Waals surface area contributed by atoms with Crippen molar-refractivity contribution in [1.82, 2.24) is 5.32 Å². The number of nitrogens with one attached hydrogen (secondary N) is 2. The molecule has 7 heteroatoms. The summed E-state index contributed by atoms with van der Waals surface area (Å²) >= 11 is 5.95. The van der Waals surface area contributed by atoms with Crippen LogP contribution in [0.5, 0.6) is 5.75 Å². The van der Waals surface area contributed by atoms with E-state index in [-0.39, 0.29) is 16.6 Å². The van der Waals surface area contributed by atoms with Crippen LogP contribution in [0.15, 0.2) is 42.5 Å². The minimum absolute atomic E-state index is 0.191. The van der Waals surface area contributed by atoms with Gasteiger partial charge in [-0.25, -0.2) is 9.59 Å². The summed E-state index contributed by atoms with van der Waals surface area (Å²) in [5.41, 5.74) is 1.64. The van der Waals surface area contributed by atoms with Crippen LogP contribution in [-0.4, -0.2) is 32.8 Å². The highest BCUT2D eigenvalue weighted by Crippen LogP contribution is 2.21. The predicted octanol–water partition coefficient (Wildman–Crippen LogP) is 3.50. The smallest absolute Gasteiger partial charge is 0.339 e.